The van der Waals surface area contributed by atoms with Crippen LogP contribution in [0.25, 0.3) is 5.69 Å². The first-order valence-electron chi connectivity index (χ1n) is 11.5. The molecular weight excluding hydrogens is 396 g/mol. The van der Waals surface area contributed by atoms with E-state index in [-0.39, 0.29) is 17.9 Å². The third-order valence-electron chi connectivity index (χ3n) is 5.97. The number of amides is 1. The second kappa shape index (κ2) is 10.0. The maximum absolute atomic E-state index is 13.6. The van der Waals surface area contributed by atoms with Crippen LogP contribution in [0.15, 0.2) is 54.6 Å². The van der Waals surface area contributed by atoms with Gasteiger partial charge >= 0.3 is 0 Å². The number of benzene rings is 2. The molecule has 3 aromatic rings. The smallest absolute Gasteiger partial charge is 0.254 e. The molecule has 170 valence electrons. The van der Waals surface area contributed by atoms with Crippen LogP contribution >= 0.6 is 0 Å². The predicted octanol–water partition coefficient (Wildman–Crippen LogP) is 5.81. The lowest BCUT2D eigenvalue weighted by Crippen LogP contribution is -2.38. The second-order valence-corrected chi connectivity index (χ2v) is 9.04. The molecule has 0 N–H and O–H groups in total. The van der Waals surface area contributed by atoms with Crippen molar-refractivity contribution in [2.75, 3.05) is 19.0 Å². The zero-order valence-corrected chi connectivity index (χ0v) is 20.5. The van der Waals surface area contributed by atoms with Crippen LogP contribution in [0.4, 0.5) is 5.82 Å². The van der Waals surface area contributed by atoms with E-state index in [0.29, 0.717) is 6.54 Å². The molecule has 0 spiro atoms. The molecule has 0 saturated heterocycles. The number of para-hydroxylation sites is 1. The van der Waals surface area contributed by atoms with Gasteiger partial charge in [-0.2, -0.15) is 5.10 Å². The lowest BCUT2D eigenvalue weighted by molar-refractivity contribution is 0.0671. The molecule has 0 radical (unpaired) electrons. The van der Waals surface area contributed by atoms with Gasteiger partial charge in [0.25, 0.3) is 5.91 Å². The molecule has 0 aliphatic heterocycles. The maximum atomic E-state index is 13.6. The summed E-state index contributed by atoms with van der Waals surface area (Å²) in [5.41, 5.74) is 5.03. The van der Waals surface area contributed by atoms with Gasteiger partial charge in [0.05, 0.1) is 17.9 Å². The van der Waals surface area contributed by atoms with Crippen molar-refractivity contribution in [3.05, 3.63) is 77.0 Å². The van der Waals surface area contributed by atoms with E-state index >= 15 is 0 Å². The van der Waals surface area contributed by atoms with Gasteiger partial charge in [-0.3, -0.25) is 4.79 Å². The Bertz CT molecular complexity index is 1040. The lowest BCUT2D eigenvalue weighted by Gasteiger charge is -2.30. The monoisotopic (exact) mass is 432 g/mol. The Morgan fingerprint density at radius 3 is 2.16 bits per heavy atom. The minimum atomic E-state index is 0.0613. The van der Waals surface area contributed by atoms with E-state index < -0.39 is 0 Å². The molecule has 1 amide bonds. The van der Waals surface area contributed by atoms with Gasteiger partial charge in [0.15, 0.2) is 0 Å². The zero-order valence-electron chi connectivity index (χ0n) is 20.5. The molecule has 0 aliphatic rings. The molecule has 2 aromatic carbocycles. The van der Waals surface area contributed by atoms with Crippen LogP contribution in [0, 0.1) is 6.92 Å². The molecule has 5 heteroatoms. The van der Waals surface area contributed by atoms with Crippen molar-refractivity contribution in [2.24, 2.45) is 0 Å². The minimum absolute atomic E-state index is 0.0613. The Kier molecular flexibility index (Phi) is 7.39. The molecule has 0 unspecified atom stereocenters. The quantitative estimate of drug-likeness (QED) is 0.451. The number of hydrogen-bond donors (Lipinski definition) is 0. The van der Waals surface area contributed by atoms with Crippen LogP contribution in [0.2, 0.25) is 0 Å². The van der Waals surface area contributed by atoms with E-state index in [1.165, 1.54) is 0 Å². The van der Waals surface area contributed by atoms with Crippen LogP contribution in [0.1, 0.15) is 67.2 Å². The molecule has 32 heavy (non-hydrogen) atoms. The van der Waals surface area contributed by atoms with Gasteiger partial charge in [-0.05, 0) is 50.5 Å². The summed E-state index contributed by atoms with van der Waals surface area (Å²) < 4.78 is 2.01. The predicted molar refractivity (Wildman–Crippen MR) is 133 cm³/mol. The molecule has 0 fully saturated rings. The molecule has 0 aliphatic carbocycles. The summed E-state index contributed by atoms with van der Waals surface area (Å²) in [5.74, 6) is 1.32. The van der Waals surface area contributed by atoms with Crippen molar-refractivity contribution in [2.45, 2.75) is 59.5 Å². The van der Waals surface area contributed by atoms with Crippen LogP contribution in [-0.4, -0.2) is 40.7 Å². The highest BCUT2D eigenvalue weighted by molar-refractivity contribution is 5.94. The zero-order chi connectivity index (χ0) is 23.4. The molecular formula is C27H36N4O. The van der Waals surface area contributed by atoms with E-state index in [1.807, 2.05) is 73.1 Å². The van der Waals surface area contributed by atoms with E-state index in [9.17, 15) is 4.79 Å². The fraction of sp³-hybridized carbons (Fsp3) is 0.407. The third kappa shape index (κ3) is 4.87. The number of carbonyl (C=O) groups excluding carboxylic acids is 1. The van der Waals surface area contributed by atoms with Crippen molar-refractivity contribution in [1.82, 2.24) is 14.7 Å². The molecule has 0 bridgehead atoms. The highest BCUT2D eigenvalue weighted by atomic mass is 16.2. The topological polar surface area (TPSA) is 41.4 Å². The van der Waals surface area contributed by atoms with E-state index in [4.69, 9.17) is 5.10 Å². The summed E-state index contributed by atoms with van der Waals surface area (Å²) in [5, 5.41) is 5.02. The van der Waals surface area contributed by atoms with Crippen LogP contribution in [0.3, 0.4) is 0 Å². The van der Waals surface area contributed by atoms with Gasteiger partial charge in [0, 0.05) is 31.3 Å². The van der Waals surface area contributed by atoms with Gasteiger partial charge in [0.2, 0.25) is 0 Å². The van der Waals surface area contributed by atoms with E-state index in [2.05, 4.69) is 44.7 Å². The summed E-state index contributed by atoms with van der Waals surface area (Å²) in [6, 6.07) is 18.2. The third-order valence-corrected chi connectivity index (χ3v) is 5.97. The van der Waals surface area contributed by atoms with Gasteiger partial charge in [-0.1, -0.05) is 56.7 Å². The Balaban J connectivity index is 2.12. The Morgan fingerprint density at radius 1 is 1.00 bits per heavy atom. The van der Waals surface area contributed by atoms with Crippen molar-refractivity contribution >= 4 is 11.7 Å². The Labute approximate surface area is 192 Å². The number of hydrogen-bond acceptors (Lipinski definition) is 3. The number of aryl methyl sites for hydroxylation is 1. The Morgan fingerprint density at radius 2 is 1.62 bits per heavy atom. The minimum Gasteiger partial charge on any atom is -0.362 e. The lowest BCUT2D eigenvalue weighted by atomic mass is 10.0. The van der Waals surface area contributed by atoms with E-state index in [1.54, 1.807) is 0 Å². The van der Waals surface area contributed by atoms with Crippen LogP contribution < -0.4 is 4.90 Å². The standard InChI is InChI=1S/C27H36N4O/c1-8-21(5)30(27(32)22-16-14-20(4)15-17-22)18-24-25(19(2)3)28-31(26(24)29(6)7)23-12-10-9-11-13-23/h9-17,19,21H,8,18H2,1-7H3/t21-/m1/s1. The van der Waals surface area contributed by atoms with Crippen molar-refractivity contribution in [3.63, 3.8) is 0 Å². The number of nitrogens with zero attached hydrogens (tertiary/aromatic N) is 4. The highest BCUT2D eigenvalue weighted by Gasteiger charge is 2.28. The van der Waals surface area contributed by atoms with Crippen LogP contribution in [-0.2, 0) is 6.54 Å². The fourth-order valence-corrected chi connectivity index (χ4v) is 3.96. The highest BCUT2D eigenvalue weighted by Crippen LogP contribution is 2.32. The number of carbonyl (C=O) groups is 1. The summed E-state index contributed by atoms with van der Waals surface area (Å²) in [6.45, 7) is 11.1. The summed E-state index contributed by atoms with van der Waals surface area (Å²) in [7, 11) is 4.08. The van der Waals surface area contributed by atoms with Gasteiger partial charge in [-0.25, -0.2) is 4.68 Å². The SMILES string of the molecule is CC[C@@H](C)N(Cc1c(C(C)C)nn(-c2ccccc2)c1N(C)C)C(=O)c1ccc(C)cc1. The average Bonchev–Trinajstić information content (AvgIpc) is 3.17. The van der Waals surface area contributed by atoms with Crippen molar-refractivity contribution < 1.29 is 4.79 Å². The Hall–Kier alpha value is -3.08. The normalized spacial score (nSPS) is 12.1. The summed E-state index contributed by atoms with van der Waals surface area (Å²) >= 11 is 0. The number of anilines is 1. The van der Waals surface area contributed by atoms with Crippen molar-refractivity contribution in [3.8, 4) is 5.69 Å². The largest absolute Gasteiger partial charge is 0.362 e. The molecule has 5 nitrogen and oxygen atoms in total. The average molecular weight is 433 g/mol. The van der Waals surface area contributed by atoms with Gasteiger partial charge < -0.3 is 9.80 Å². The first kappa shape index (κ1) is 23.6. The fourth-order valence-electron chi connectivity index (χ4n) is 3.96. The molecule has 3 rings (SSSR count). The summed E-state index contributed by atoms with van der Waals surface area (Å²) in [6.07, 6.45) is 0.888. The van der Waals surface area contributed by atoms with Crippen LogP contribution in [0.5, 0.6) is 0 Å². The second-order valence-electron chi connectivity index (χ2n) is 9.04. The molecule has 1 heterocycles. The molecule has 1 aromatic heterocycles. The van der Waals surface area contributed by atoms with Gasteiger partial charge in [-0.15, -0.1) is 0 Å². The van der Waals surface area contributed by atoms with E-state index in [0.717, 1.165) is 40.3 Å². The summed E-state index contributed by atoms with van der Waals surface area (Å²) in [4.78, 5) is 17.7. The molecule has 1 atom stereocenters. The van der Waals surface area contributed by atoms with Gasteiger partial charge in [0.1, 0.15) is 5.82 Å². The number of aromatic nitrogens is 2. The first-order valence-corrected chi connectivity index (χ1v) is 11.5. The number of rotatable bonds is 8. The maximum Gasteiger partial charge on any atom is 0.254 e. The molecule has 0 saturated carbocycles. The van der Waals surface area contributed by atoms with Crippen molar-refractivity contribution in [1.29, 1.82) is 0 Å². The first-order chi connectivity index (χ1) is 15.2.